The lowest BCUT2D eigenvalue weighted by Crippen LogP contribution is -2.08. The Hall–Kier alpha value is -3.33. The predicted octanol–water partition coefficient (Wildman–Crippen LogP) is 3.01. The molecule has 0 saturated heterocycles. The fourth-order valence-electron chi connectivity index (χ4n) is 1.84. The molecule has 2 aromatic rings. The van der Waals surface area contributed by atoms with Crippen molar-refractivity contribution in [3.05, 3.63) is 42.0 Å². The molecule has 0 aliphatic heterocycles. The average Bonchev–Trinajstić information content (AvgIpc) is 2.93. The number of nitriles is 2. The number of rotatable bonds is 3. The van der Waals surface area contributed by atoms with Gasteiger partial charge < -0.3 is 4.57 Å². The highest BCUT2D eigenvalue weighted by Gasteiger charge is 2.31. The SMILES string of the molecule is Cc1nccn1-c1ccc(C(F)(F)F)cc1NN=C(C#N)C#N. The normalized spacial score (nSPS) is 10.5. The monoisotopic (exact) mass is 318 g/mol. The molecule has 1 aromatic carbocycles. The molecular formula is C14H9F3N6. The van der Waals surface area contributed by atoms with Gasteiger partial charge in [-0.3, -0.25) is 5.43 Å². The molecule has 0 aliphatic carbocycles. The zero-order chi connectivity index (χ0) is 17.0. The van der Waals surface area contributed by atoms with Crippen LogP contribution in [0.2, 0.25) is 0 Å². The number of halogens is 3. The zero-order valence-corrected chi connectivity index (χ0v) is 11.8. The summed E-state index contributed by atoms with van der Waals surface area (Å²) in [6.45, 7) is 1.68. The van der Waals surface area contributed by atoms with Crippen LogP contribution in [0.3, 0.4) is 0 Å². The van der Waals surface area contributed by atoms with Crippen molar-refractivity contribution in [1.29, 1.82) is 10.5 Å². The van der Waals surface area contributed by atoms with Crippen LogP contribution in [0.15, 0.2) is 35.7 Å². The van der Waals surface area contributed by atoms with E-state index in [0.717, 1.165) is 12.1 Å². The fourth-order valence-corrected chi connectivity index (χ4v) is 1.84. The number of aromatic nitrogens is 2. The Kier molecular flexibility index (Phi) is 4.32. The quantitative estimate of drug-likeness (QED) is 0.696. The van der Waals surface area contributed by atoms with Crippen molar-refractivity contribution in [3.63, 3.8) is 0 Å². The molecule has 0 bridgehead atoms. The van der Waals surface area contributed by atoms with E-state index in [2.05, 4.69) is 15.5 Å². The van der Waals surface area contributed by atoms with Gasteiger partial charge in [0.15, 0.2) is 0 Å². The van der Waals surface area contributed by atoms with E-state index in [1.165, 1.54) is 24.4 Å². The van der Waals surface area contributed by atoms with E-state index >= 15 is 0 Å². The van der Waals surface area contributed by atoms with Crippen LogP contribution in [-0.4, -0.2) is 15.3 Å². The van der Waals surface area contributed by atoms with Crippen LogP contribution in [0.1, 0.15) is 11.4 Å². The Morgan fingerprint density at radius 3 is 2.52 bits per heavy atom. The van der Waals surface area contributed by atoms with Gasteiger partial charge in [-0.05, 0) is 25.1 Å². The largest absolute Gasteiger partial charge is 0.416 e. The van der Waals surface area contributed by atoms with Gasteiger partial charge >= 0.3 is 6.18 Å². The van der Waals surface area contributed by atoms with E-state index in [-0.39, 0.29) is 5.69 Å². The highest BCUT2D eigenvalue weighted by atomic mass is 19.4. The molecule has 23 heavy (non-hydrogen) atoms. The Morgan fingerprint density at radius 1 is 1.30 bits per heavy atom. The van der Waals surface area contributed by atoms with E-state index in [4.69, 9.17) is 10.5 Å². The van der Waals surface area contributed by atoms with Crippen molar-refractivity contribution >= 4 is 11.4 Å². The van der Waals surface area contributed by atoms with E-state index in [0.29, 0.717) is 11.5 Å². The molecule has 0 unspecified atom stereocenters. The molecule has 0 amide bonds. The predicted molar refractivity (Wildman–Crippen MR) is 75.6 cm³/mol. The summed E-state index contributed by atoms with van der Waals surface area (Å²) in [5.41, 5.74) is 1.29. The minimum Gasteiger partial charge on any atom is -0.302 e. The van der Waals surface area contributed by atoms with E-state index < -0.39 is 17.5 Å². The highest BCUT2D eigenvalue weighted by Crippen LogP contribution is 2.33. The number of alkyl halides is 3. The van der Waals surface area contributed by atoms with Gasteiger partial charge in [0.25, 0.3) is 0 Å². The van der Waals surface area contributed by atoms with Crippen LogP contribution in [0.25, 0.3) is 5.69 Å². The maximum absolute atomic E-state index is 12.9. The number of nitrogens with one attached hydrogen (secondary N) is 1. The second-order valence-electron chi connectivity index (χ2n) is 4.37. The Balaban J connectivity index is 2.55. The second kappa shape index (κ2) is 6.20. The van der Waals surface area contributed by atoms with Gasteiger partial charge in [0.1, 0.15) is 18.0 Å². The molecule has 0 radical (unpaired) electrons. The van der Waals surface area contributed by atoms with Gasteiger partial charge in [-0.1, -0.05) is 0 Å². The summed E-state index contributed by atoms with van der Waals surface area (Å²) in [4.78, 5) is 4.01. The van der Waals surface area contributed by atoms with Crippen LogP contribution in [0, 0.1) is 29.6 Å². The summed E-state index contributed by atoms with van der Waals surface area (Å²) in [6.07, 6.45) is -1.46. The molecule has 9 heteroatoms. The number of benzene rings is 1. The molecule has 0 aliphatic rings. The lowest BCUT2D eigenvalue weighted by atomic mass is 10.1. The van der Waals surface area contributed by atoms with E-state index in [1.807, 2.05) is 0 Å². The lowest BCUT2D eigenvalue weighted by Gasteiger charge is -2.14. The van der Waals surface area contributed by atoms with Gasteiger partial charge in [-0.15, -0.1) is 0 Å². The first kappa shape index (κ1) is 16.0. The molecule has 116 valence electrons. The van der Waals surface area contributed by atoms with Crippen molar-refractivity contribution < 1.29 is 13.2 Å². The molecule has 0 spiro atoms. The van der Waals surface area contributed by atoms with Crippen molar-refractivity contribution in [2.24, 2.45) is 5.10 Å². The molecule has 2 rings (SSSR count). The number of hydrogen-bond acceptors (Lipinski definition) is 5. The van der Waals surface area contributed by atoms with Crippen LogP contribution < -0.4 is 5.43 Å². The molecular weight excluding hydrogens is 309 g/mol. The minimum atomic E-state index is -4.53. The van der Waals surface area contributed by atoms with Crippen molar-refractivity contribution in [2.45, 2.75) is 13.1 Å². The third-order valence-corrected chi connectivity index (χ3v) is 2.91. The molecule has 6 nitrogen and oxygen atoms in total. The van der Waals surface area contributed by atoms with Gasteiger partial charge in [-0.2, -0.15) is 28.8 Å². The van der Waals surface area contributed by atoms with E-state index in [9.17, 15) is 13.2 Å². The smallest absolute Gasteiger partial charge is 0.302 e. The third kappa shape index (κ3) is 3.47. The van der Waals surface area contributed by atoms with E-state index in [1.54, 1.807) is 17.7 Å². The highest BCUT2D eigenvalue weighted by molar-refractivity contribution is 6.10. The maximum atomic E-state index is 12.9. The van der Waals surface area contributed by atoms with Crippen LogP contribution in [0.5, 0.6) is 0 Å². The standard InChI is InChI=1S/C14H9F3N6/c1-9-20-4-5-23(9)13-3-2-10(14(15,16)17)6-12(13)22-21-11(7-18)8-19/h2-6,22H,1H3. The van der Waals surface area contributed by atoms with Crippen LogP contribution in [0.4, 0.5) is 18.9 Å². The molecule has 1 heterocycles. The zero-order valence-electron chi connectivity index (χ0n) is 11.8. The summed E-state index contributed by atoms with van der Waals surface area (Å²) < 4.78 is 40.1. The summed E-state index contributed by atoms with van der Waals surface area (Å²) in [5.74, 6) is 0.553. The van der Waals surface area contributed by atoms with Crippen LogP contribution in [-0.2, 0) is 6.18 Å². The first-order chi connectivity index (χ1) is 10.9. The first-order valence-electron chi connectivity index (χ1n) is 6.22. The van der Waals surface area contributed by atoms with Crippen molar-refractivity contribution in [1.82, 2.24) is 9.55 Å². The average molecular weight is 318 g/mol. The summed E-state index contributed by atoms with van der Waals surface area (Å²) >= 11 is 0. The maximum Gasteiger partial charge on any atom is 0.416 e. The third-order valence-electron chi connectivity index (χ3n) is 2.91. The van der Waals surface area contributed by atoms with Gasteiger partial charge in [0, 0.05) is 12.4 Å². The number of anilines is 1. The number of hydrazone groups is 1. The first-order valence-corrected chi connectivity index (χ1v) is 6.22. The van der Waals surface area contributed by atoms with Crippen molar-refractivity contribution in [2.75, 3.05) is 5.43 Å². The molecule has 0 saturated carbocycles. The fraction of sp³-hybridized carbons (Fsp3) is 0.143. The van der Waals surface area contributed by atoms with Gasteiger partial charge in [0.05, 0.1) is 16.9 Å². The summed E-state index contributed by atoms with van der Waals surface area (Å²) in [6, 6.07) is 6.07. The Bertz CT molecular complexity index is 819. The molecule has 0 fully saturated rings. The Labute approximate surface area is 129 Å². The van der Waals surface area contributed by atoms with Crippen molar-refractivity contribution in [3.8, 4) is 17.8 Å². The van der Waals surface area contributed by atoms with Gasteiger partial charge in [-0.25, -0.2) is 4.98 Å². The Morgan fingerprint density at radius 2 is 2.00 bits per heavy atom. The lowest BCUT2D eigenvalue weighted by molar-refractivity contribution is -0.137. The summed E-state index contributed by atoms with van der Waals surface area (Å²) in [5, 5.41) is 20.8. The molecule has 1 aromatic heterocycles. The minimum absolute atomic E-state index is 0.0103. The number of hydrogen-bond donors (Lipinski definition) is 1. The molecule has 0 atom stereocenters. The topological polar surface area (TPSA) is 89.8 Å². The number of nitrogens with zero attached hydrogens (tertiary/aromatic N) is 5. The summed E-state index contributed by atoms with van der Waals surface area (Å²) in [7, 11) is 0. The second-order valence-corrected chi connectivity index (χ2v) is 4.37. The molecule has 1 N–H and O–H groups in total. The van der Waals surface area contributed by atoms with Gasteiger partial charge in [0.2, 0.25) is 5.71 Å². The van der Waals surface area contributed by atoms with Crippen LogP contribution >= 0.6 is 0 Å². The number of imidazole rings is 1. The number of aryl methyl sites for hydroxylation is 1.